The van der Waals surface area contributed by atoms with Gasteiger partial charge in [0.15, 0.2) is 5.13 Å². The van der Waals surface area contributed by atoms with Crippen LogP contribution in [0.15, 0.2) is 42.5 Å². The van der Waals surface area contributed by atoms with E-state index >= 15 is 0 Å². The zero-order valence-electron chi connectivity index (χ0n) is 14.8. The second kappa shape index (κ2) is 7.44. The monoisotopic (exact) mass is 403 g/mol. The molecular formula is C20H19ClFN3OS. The minimum absolute atomic E-state index is 0.0533. The van der Waals surface area contributed by atoms with E-state index in [0.717, 1.165) is 34.6 Å². The van der Waals surface area contributed by atoms with Crippen molar-refractivity contribution >= 4 is 44.2 Å². The smallest absolute Gasteiger partial charge is 0.255 e. The van der Waals surface area contributed by atoms with E-state index in [4.69, 9.17) is 11.6 Å². The van der Waals surface area contributed by atoms with Crippen LogP contribution in [0.1, 0.15) is 29.6 Å². The van der Waals surface area contributed by atoms with Gasteiger partial charge in [0.25, 0.3) is 5.91 Å². The molecule has 0 aliphatic heterocycles. The summed E-state index contributed by atoms with van der Waals surface area (Å²) in [6, 6.07) is 11.9. The lowest BCUT2D eigenvalue weighted by Crippen LogP contribution is -2.44. The lowest BCUT2D eigenvalue weighted by Gasteiger charge is -2.30. The molecule has 2 atom stereocenters. The number of hydrogen-bond acceptors (Lipinski definition) is 4. The molecule has 1 heterocycles. The SMILES string of the molecule is CN(C(=O)c1ccccc1Cl)[C@H]1CCC[C@H]1Nc1nc2ccc(F)cc2s1. The maximum Gasteiger partial charge on any atom is 0.255 e. The van der Waals surface area contributed by atoms with Gasteiger partial charge < -0.3 is 10.2 Å². The third-order valence-corrected chi connectivity index (χ3v) is 6.34. The Balaban J connectivity index is 1.52. The first-order valence-corrected chi connectivity index (χ1v) is 10.1. The summed E-state index contributed by atoms with van der Waals surface area (Å²) in [7, 11) is 1.82. The molecule has 1 N–H and O–H groups in total. The summed E-state index contributed by atoms with van der Waals surface area (Å²) in [6.45, 7) is 0. The van der Waals surface area contributed by atoms with Gasteiger partial charge in [-0.25, -0.2) is 9.37 Å². The molecule has 4 rings (SSSR count). The number of nitrogens with one attached hydrogen (secondary N) is 1. The molecule has 1 aromatic heterocycles. The number of nitrogens with zero attached hydrogens (tertiary/aromatic N) is 2. The van der Waals surface area contributed by atoms with E-state index in [-0.39, 0.29) is 23.8 Å². The number of thiazole rings is 1. The summed E-state index contributed by atoms with van der Waals surface area (Å²) >= 11 is 7.62. The Bertz CT molecular complexity index is 992. The van der Waals surface area contributed by atoms with E-state index in [1.807, 2.05) is 19.2 Å². The van der Waals surface area contributed by atoms with Gasteiger partial charge in [-0.3, -0.25) is 4.79 Å². The summed E-state index contributed by atoms with van der Waals surface area (Å²) in [4.78, 5) is 19.2. The molecular weight excluding hydrogens is 385 g/mol. The second-order valence-electron chi connectivity index (χ2n) is 6.78. The molecule has 0 radical (unpaired) electrons. The first kappa shape index (κ1) is 18.2. The Morgan fingerprint density at radius 1 is 1.30 bits per heavy atom. The van der Waals surface area contributed by atoms with Crippen molar-refractivity contribution in [3.05, 3.63) is 58.9 Å². The van der Waals surface area contributed by atoms with Crippen LogP contribution in [-0.2, 0) is 0 Å². The van der Waals surface area contributed by atoms with Crippen molar-refractivity contribution in [3.8, 4) is 0 Å². The summed E-state index contributed by atoms with van der Waals surface area (Å²) in [5.74, 6) is -0.341. The van der Waals surface area contributed by atoms with Crippen molar-refractivity contribution in [2.45, 2.75) is 31.3 Å². The van der Waals surface area contributed by atoms with E-state index in [1.165, 1.54) is 23.5 Å². The van der Waals surface area contributed by atoms with E-state index in [2.05, 4.69) is 10.3 Å². The second-order valence-corrected chi connectivity index (χ2v) is 8.21. The van der Waals surface area contributed by atoms with Crippen LogP contribution in [0, 0.1) is 5.82 Å². The van der Waals surface area contributed by atoms with Gasteiger partial charge in [0.05, 0.1) is 26.8 Å². The Labute approximate surface area is 166 Å². The molecule has 140 valence electrons. The first-order valence-electron chi connectivity index (χ1n) is 8.87. The number of aromatic nitrogens is 1. The maximum atomic E-state index is 13.4. The van der Waals surface area contributed by atoms with Gasteiger partial charge in [-0.2, -0.15) is 0 Å². The lowest BCUT2D eigenvalue weighted by atomic mass is 10.1. The van der Waals surface area contributed by atoms with E-state index < -0.39 is 0 Å². The minimum Gasteiger partial charge on any atom is -0.357 e. The van der Waals surface area contributed by atoms with Crippen LogP contribution in [0.4, 0.5) is 9.52 Å². The molecule has 1 aliphatic rings. The van der Waals surface area contributed by atoms with Crippen LogP contribution >= 0.6 is 22.9 Å². The molecule has 0 spiro atoms. The number of anilines is 1. The average molecular weight is 404 g/mol. The van der Waals surface area contributed by atoms with Crippen LogP contribution in [0.25, 0.3) is 10.2 Å². The van der Waals surface area contributed by atoms with Gasteiger partial charge in [0, 0.05) is 13.1 Å². The fourth-order valence-electron chi connectivity index (χ4n) is 3.67. The number of carbonyl (C=O) groups is 1. The van der Waals surface area contributed by atoms with Gasteiger partial charge in [-0.15, -0.1) is 0 Å². The highest BCUT2D eigenvalue weighted by Gasteiger charge is 2.34. The van der Waals surface area contributed by atoms with Crippen molar-refractivity contribution in [1.29, 1.82) is 0 Å². The summed E-state index contributed by atoms with van der Waals surface area (Å²) in [5.41, 5.74) is 1.29. The van der Waals surface area contributed by atoms with Gasteiger partial charge >= 0.3 is 0 Å². The molecule has 4 nitrogen and oxygen atoms in total. The molecule has 0 saturated heterocycles. The molecule has 3 aromatic rings. The number of carbonyl (C=O) groups excluding carboxylic acids is 1. The Hall–Kier alpha value is -2.18. The lowest BCUT2D eigenvalue weighted by molar-refractivity contribution is 0.0728. The van der Waals surface area contributed by atoms with Crippen LogP contribution in [0.3, 0.4) is 0 Å². The minimum atomic E-state index is -0.262. The first-order chi connectivity index (χ1) is 13.0. The summed E-state index contributed by atoms with van der Waals surface area (Å²) < 4.78 is 14.2. The largest absolute Gasteiger partial charge is 0.357 e. The zero-order chi connectivity index (χ0) is 19.0. The fraction of sp³-hybridized carbons (Fsp3) is 0.300. The van der Waals surface area contributed by atoms with Crippen molar-refractivity contribution in [3.63, 3.8) is 0 Å². The molecule has 27 heavy (non-hydrogen) atoms. The van der Waals surface area contributed by atoms with Crippen LogP contribution in [0.2, 0.25) is 5.02 Å². The topological polar surface area (TPSA) is 45.2 Å². The molecule has 1 saturated carbocycles. The van der Waals surface area contributed by atoms with Crippen molar-refractivity contribution < 1.29 is 9.18 Å². The normalized spacial score (nSPS) is 19.4. The fourth-order valence-corrected chi connectivity index (χ4v) is 4.84. The van der Waals surface area contributed by atoms with Gasteiger partial charge in [0.1, 0.15) is 5.82 Å². The Kier molecular flexibility index (Phi) is 5.02. The predicted molar refractivity (Wildman–Crippen MR) is 108 cm³/mol. The van der Waals surface area contributed by atoms with Crippen LogP contribution < -0.4 is 5.32 Å². The van der Waals surface area contributed by atoms with Crippen molar-refractivity contribution in [2.24, 2.45) is 0 Å². The highest BCUT2D eigenvalue weighted by Crippen LogP contribution is 2.32. The standard InChI is InChI=1S/C20H19ClFN3OS/c1-25(19(26)13-5-2-3-6-14(13)21)17-8-4-7-15(17)23-20-24-16-10-9-12(22)11-18(16)27-20/h2-3,5-6,9-11,15,17H,4,7-8H2,1H3,(H,23,24)/t15-,17+/m1/s1. The van der Waals surface area contributed by atoms with Gasteiger partial charge in [0.2, 0.25) is 0 Å². The van der Waals surface area contributed by atoms with E-state index in [0.29, 0.717) is 10.6 Å². The Morgan fingerprint density at radius 3 is 2.93 bits per heavy atom. The highest BCUT2D eigenvalue weighted by molar-refractivity contribution is 7.22. The average Bonchev–Trinajstić information content (AvgIpc) is 3.27. The highest BCUT2D eigenvalue weighted by atomic mass is 35.5. The number of likely N-dealkylation sites (N-methyl/N-ethyl adjacent to an activating group) is 1. The summed E-state index contributed by atoms with van der Waals surface area (Å²) in [6.07, 6.45) is 2.90. The van der Waals surface area contributed by atoms with E-state index in [9.17, 15) is 9.18 Å². The Morgan fingerprint density at radius 2 is 2.11 bits per heavy atom. The van der Waals surface area contributed by atoms with Gasteiger partial charge in [-0.1, -0.05) is 35.1 Å². The molecule has 0 bridgehead atoms. The molecule has 0 unspecified atom stereocenters. The third kappa shape index (κ3) is 3.64. The number of amides is 1. The van der Waals surface area contributed by atoms with Gasteiger partial charge in [-0.05, 0) is 49.6 Å². The number of benzene rings is 2. The van der Waals surface area contributed by atoms with Crippen LogP contribution in [0.5, 0.6) is 0 Å². The maximum absolute atomic E-state index is 13.4. The zero-order valence-corrected chi connectivity index (χ0v) is 16.4. The third-order valence-electron chi connectivity index (χ3n) is 5.06. The number of hydrogen-bond donors (Lipinski definition) is 1. The number of fused-ring (bicyclic) bond motifs is 1. The molecule has 7 heteroatoms. The number of rotatable bonds is 4. The molecule has 1 aliphatic carbocycles. The quantitative estimate of drug-likeness (QED) is 0.651. The molecule has 1 fully saturated rings. The van der Waals surface area contributed by atoms with E-state index in [1.54, 1.807) is 23.1 Å². The van der Waals surface area contributed by atoms with Crippen LogP contribution in [-0.4, -0.2) is 34.9 Å². The van der Waals surface area contributed by atoms with Crippen molar-refractivity contribution in [1.82, 2.24) is 9.88 Å². The van der Waals surface area contributed by atoms with Crippen molar-refractivity contribution in [2.75, 3.05) is 12.4 Å². The predicted octanol–water partition coefficient (Wildman–Crippen LogP) is 5.19. The molecule has 2 aromatic carbocycles. The number of halogens is 2. The molecule has 1 amide bonds. The summed E-state index contributed by atoms with van der Waals surface area (Å²) in [5, 5.41) is 4.68.